The van der Waals surface area contributed by atoms with E-state index in [1.54, 1.807) is 12.3 Å². The maximum Gasteiger partial charge on any atom is 0.225 e. The van der Waals surface area contributed by atoms with Gasteiger partial charge in [-0.15, -0.1) is 12.4 Å². The lowest BCUT2D eigenvalue weighted by Gasteiger charge is -2.10. The van der Waals surface area contributed by atoms with E-state index < -0.39 is 0 Å². The van der Waals surface area contributed by atoms with Gasteiger partial charge in [-0.05, 0) is 24.6 Å². The topological polar surface area (TPSA) is 47.0 Å². The highest BCUT2D eigenvalue weighted by atomic mass is 35.5. The zero-order valence-corrected chi connectivity index (χ0v) is 9.01. The van der Waals surface area contributed by atoms with Gasteiger partial charge in [0.15, 0.2) is 0 Å². The Kier molecular flexibility index (Phi) is 4.38. The Labute approximate surface area is 93.4 Å². The summed E-state index contributed by atoms with van der Waals surface area (Å²) in [6, 6.07) is 1.71. The first kappa shape index (κ1) is 11.5. The summed E-state index contributed by atoms with van der Waals surface area (Å²) < 4.78 is 5.56. The number of nitrogens with zero attached hydrogens (tertiary/aromatic N) is 2. The molecule has 0 aliphatic carbocycles. The summed E-state index contributed by atoms with van der Waals surface area (Å²) in [5, 5.41) is 3.43. The molecular formula is C8H11Cl2N3O. The zero-order chi connectivity index (χ0) is 9.10. The molecule has 1 saturated heterocycles. The molecule has 0 spiro atoms. The maximum atomic E-state index is 5.61. The Morgan fingerprint density at radius 2 is 2.43 bits per heavy atom. The Bertz CT molecular complexity index is 292. The summed E-state index contributed by atoms with van der Waals surface area (Å²) in [6.45, 7) is 1.88. The Morgan fingerprint density at radius 1 is 1.57 bits per heavy atom. The van der Waals surface area contributed by atoms with Gasteiger partial charge in [0.2, 0.25) is 11.2 Å². The van der Waals surface area contributed by atoms with Crippen molar-refractivity contribution in [3.63, 3.8) is 0 Å². The van der Waals surface area contributed by atoms with E-state index in [1.807, 2.05) is 0 Å². The van der Waals surface area contributed by atoms with Gasteiger partial charge in [0.05, 0.1) is 0 Å². The average Bonchev–Trinajstić information content (AvgIpc) is 2.57. The molecule has 2 heterocycles. The van der Waals surface area contributed by atoms with Gasteiger partial charge in [0.1, 0.15) is 6.10 Å². The van der Waals surface area contributed by atoms with E-state index in [1.165, 1.54) is 0 Å². The third-order valence-corrected chi connectivity index (χ3v) is 2.09. The van der Waals surface area contributed by atoms with E-state index in [2.05, 4.69) is 15.3 Å². The summed E-state index contributed by atoms with van der Waals surface area (Å²) in [5.74, 6) is 0.550. The summed E-state index contributed by atoms with van der Waals surface area (Å²) in [4.78, 5) is 7.71. The van der Waals surface area contributed by atoms with Crippen molar-refractivity contribution in [1.82, 2.24) is 15.3 Å². The van der Waals surface area contributed by atoms with Crippen LogP contribution in [0.25, 0.3) is 0 Å². The third kappa shape index (κ3) is 2.97. The lowest BCUT2D eigenvalue weighted by molar-refractivity contribution is 0.213. The normalized spacial score (nSPS) is 20.2. The molecule has 78 valence electrons. The van der Waals surface area contributed by atoms with Gasteiger partial charge in [-0.1, -0.05) is 0 Å². The highest BCUT2D eigenvalue weighted by molar-refractivity contribution is 6.28. The molecule has 0 radical (unpaired) electrons. The van der Waals surface area contributed by atoms with Crippen LogP contribution < -0.4 is 10.1 Å². The monoisotopic (exact) mass is 235 g/mol. The van der Waals surface area contributed by atoms with Crippen molar-refractivity contribution in [2.75, 3.05) is 13.1 Å². The predicted molar refractivity (Wildman–Crippen MR) is 56.2 cm³/mol. The highest BCUT2D eigenvalue weighted by Gasteiger charge is 2.16. The fourth-order valence-corrected chi connectivity index (χ4v) is 1.42. The van der Waals surface area contributed by atoms with E-state index >= 15 is 0 Å². The van der Waals surface area contributed by atoms with Crippen LogP contribution in [0, 0.1) is 0 Å². The van der Waals surface area contributed by atoms with E-state index in [-0.39, 0.29) is 23.8 Å². The van der Waals surface area contributed by atoms with Gasteiger partial charge < -0.3 is 10.1 Å². The molecule has 0 bridgehead atoms. The van der Waals surface area contributed by atoms with Crippen molar-refractivity contribution < 1.29 is 4.74 Å². The van der Waals surface area contributed by atoms with Crippen LogP contribution >= 0.6 is 24.0 Å². The molecule has 6 heteroatoms. The zero-order valence-electron chi connectivity index (χ0n) is 7.44. The fraction of sp³-hybridized carbons (Fsp3) is 0.500. The molecule has 1 aromatic heterocycles. The van der Waals surface area contributed by atoms with Crippen LogP contribution in [0.1, 0.15) is 6.42 Å². The first-order valence-electron chi connectivity index (χ1n) is 4.20. The first-order chi connectivity index (χ1) is 6.34. The van der Waals surface area contributed by atoms with Gasteiger partial charge in [-0.25, -0.2) is 4.98 Å². The molecule has 0 amide bonds. The molecule has 1 aliphatic heterocycles. The minimum Gasteiger partial charge on any atom is -0.473 e. The number of hydrogen-bond acceptors (Lipinski definition) is 4. The molecule has 0 unspecified atom stereocenters. The van der Waals surface area contributed by atoms with E-state index in [4.69, 9.17) is 16.3 Å². The molecule has 1 N–H and O–H groups in total. The molecule has 2 rings (SSSR count). The second kappa shape index (κ2) is 5.34. The third-order valence-electron chi connectivity index (χ3n) is 1.90. The summed E-state index contributed by atoms with van der Waals surface area (Å²) in [6.07, 6.45) is 2.82. The van der Waals surface area contributed by atoms with E-state index in [0.29, 0.717) is 5.88 Å². The van der Waals surface area contributed by atoms with Crippen molar-refractivity contribution >= 4 is 24.0 Å². The van der Waals surface area contributed by atoms with Crippen LogP contribution in [0.15, 0.2) is 12.3 Å². The number of nitrogens with one attached hydrogen (secondary N) is 1. The number of hydrogen-bond donors (Lipinski definition) is 1. The Balaban J connectivity index is 0.000000980. The molecule has 1 fully saturated rings. The summed E-state index contributed by atoms with van der Waals surface area (Å²) in [7, 11) is 0. The van der Waals surface area contributed by atoms with Crippen molar-refractivity contribution in [2.45, 2.75) is 12.5 Å². The SMILES string of the molecule is Cl.Clc1nccc(O[C@H]2CCNC2)n1. The van der Waals surface area contributed by atoms with Crippen molar-refractivity contribution in [1.29, 1.82) is 0 Å². The second-order valence-electron chi connectivity index (χ2n) is 2.90. The first-order valence-corrected chi connectivity index (χ1v) is 4.58. The van der Waals surface area contributed by atoms with Crippen molar-refractivity contribution in [3.05, 3.63) is 17.5 Å². The van der Waals surface area contributed by atoms with Gasteiger partial charge in [0.25, 0.3) is 0 Å². The second-order valence-corrected chi connectivity index (χ2v) is 3.23. The molecule has 1 atom stereocenters. The van der Waals surface area contributed by atoms with E-state index in [0.717, 1.165) is 19.5 Å². The smallest absolute Gasteiger partial charge is 0.225 e. The van der Waals surface area contributed by atoms with Crippen LogP contribution in [-0.4, -0.2) is 29.2 Å². The minimum atomic E-state index is 0. The number of aromatic nitrogens is 2. The van der Waals surface area contributed by atoms with Crippen LogP contribution in [0.2, 0.25) is 5.28 Å². The van der Waals surface area contributed by atoms with Gasteiger partial charge in [-0.2, -0.15) is 4.98 Å². The molecular weight excluding hydrogens is 225 g/mol. The Morgan fingerprint density at radius 3 is 3.07 bits per heavy atom. The lowest BCUT2D eigenvalue weighted by Crippen LogP contribution is -2.20. The predicted octanol–water partition coefficient (Wildman–Crippen LogP) is 1.29. The quantitative estimate of drug-likeness (QED) is 0.786. The molecule has 4 nitrogen and oxygen atoms in total. The van der Waals surface area contributed by atoms with Crippen molar-refractivity contribution in [2.24, 2.45) is 0 Å². The van der Waals surface area contributed by atoms with Gasteiger partial charge >= 0.3 is 0 Å². The van der Waals surface area contributed by atoms with Crippen molar-refractivity contribution in [3.8, 4) is 5.88 Å². The van der Waals surface area contributed by atoms with Gasteiger partial charge in [-0.3, -0.25) is 0 Å². The minimum absolute atomic E-state index is 0. The summed E-state index contributed by atoms with van der Waals surface area (Å²) >= 11 is 5.61. The number of ether oxygens (including phenoxy) is 1. The summed E-state index contributed by atoms with van der Waals surface area (Å²) in [5.41, 5.74) is 0. The molecule has 0 saturated carbocycles. The van der Waals surface area contributed by atoms with Crippen LogP contribution in [0.3, 0.4) is 0 Å². The Hall–Kier alpha value is -0.580. The average molecular weight is 236 g/mol. The molecule has 1 aliphatic rings. The van der Waals surface area contributed by atoms with Crippen LogP contribution in [0.5, 0.6) is 5.88 Å². The standard InChI is InChI=1S/C8H10ClN3O.ClH/c9-8-11-4-2-7(12-8)13-6-1-3-10-5-6;/h2,4,6,10H,1,3,5H2;1H/t6-;/m0./s1. The fourth-order valence-electron chi connectivity index (χ4n) is 1.28. The number of rotatable bonds is 2. The highest BCUT2D eigenvalue weighted by Crippen LogP contribution is 2.12. The molecule has 14 heavy (non-hydrogen) atoms. The van der Waals surface area contributed by atoms with Gasteiger partial charge in [0, 0.05) is 18.8 Å². The largest absolute Gasteiger partial charge is 0.473 e. The van der Waals surface area contributed by atoms with Crippen LogP contribution in [0.4, 0.5) is 0 Å². The van der Waals surface area contributed by atoms with E-state index in [9.17, 15) is 0 Å². The molecule has 1 aromatic rings. The molecule has 0 aromatic carbocycles. The van der Waals surface area contributed by atoms with Crippen LogP contribution in [-0.2, 0) is 0 Å². The number of halogens is 2. The maximum absolute atomic E-state index is 5.61. The lowest BCUT2D eigenvalue weighted by atomic mass is 10.3.